The second-order valence-electron chi connectivity index (χ2n) is 5.09. The van der Waals surface area contributed by atoms with E-state index in [1.807, 2.05) is 30.5 Å². The zero-order valence-electron chi connectivity index (χ0n) is 12.3. The molecule has 0 saturated carbocycles. The Hall–Kier alpha value is -1.32. The molecule has 3 heteroatoms. The number of hydrogen-bond donors (Lipinski definition) is 1. The first-order valence-electron chi connectivity index (χ1n) is 7.11. The Morgan fingerprint density at radius 1 is 1.20 bits per heavy atom. The fourth-order valence-electron chi connectivity index (χ4n) is 2.46. The summed E-state index contributed by atoms with van der Waals surface area (Å²) in [6, 6.07) is 12.8. The second kappa shape index (κ2) is 8.08. The Labute approximate surface area is 125 Å². The van der Waals surface area contributed by atoms with Gasteiger partial charge in [0.2, 0.25) is 0 Å². The Morgan fingerprint density at radius 2 is 2.00 bits per heavy atom. The van der Waals surface area contributed by atoms with Gasteiger partial charge >= 0.3 is 0 Å². The molecular formula is C17H23NOS. The molecule has 1 N–H and O–H groups in total. The molecule has 0 aliphatic rings. The topological polar surface area (TPSA) is 21.3 Å². The van der Waals surface area contributed by atoms with Crippen molar-refractivity contribution in [1.29, 1.82) is 0 Å². The molecule has 2 aromatic rings. The summed E-state index contributed by atoms with van der Waals surface area (Å²) in [4.78, 5) is 1.49. The predicted octanol–water partition coefficient (Wildman–Crippen LogP) is 3.77. The van der Waals surface area contributed by atoms with Crippen LogP contribution in [0.1, 0.15) is 16.9 Å². The van der Waals surface area contributed by atoms with Crippen LogP contribution in [0.15, 0.2) is 41.8 Å². The van der Waals surface area contributed by atoms with Crippen LogP contribution in [-0.2, 0) is 12.8 Å². The van der Waals surface area contributed by atoms with E-state index < -0.39 is 0 Å². The zero-order chi connectivity index (χ0) is 14.2. The molecule has 1 unspecified atom stereocenters. The monoisotopic (exact) mass is 289 g/mol. The van der Waals surface area contributed by atoms with Gasteiger partial charge in [0.05, 0.1) is 7.11 Å². The van der Waals surface area contributed by atoms with Gasteiger partial charge in [-0.3, -0.25) is 0 Å². The number of rotatable bonds is 8. The lowest BCUT2D eigenvalue weighted by Gasteiger charge is -2.16. The van der Waals surface area contributed by atoms with Crippen LogP contribution >= 0.6 is 11.3 Å². The molecule has 108 valence electrons. The quantitative estimate of drug-likeness (QED) is 0.799. The summed E-state index contributed by atoms with van der Waals surface area (Å²) in [6.07, 6.45) is 3.53. The van der Waals surface area contributed by atoms with Gasteiger partial charge in [0, 0.05) is 4.88 Å². The third kappa shape index (κ3) is 4.66. The number of benzene rings is 1. The highest BCUT2D eigenvalue weighted by molar-refractivity contribution is 7.09. The van der Waals surface area contributed by atoms with Crippen molar-refractivity contribution in [2.24, 2.45) is 5.92 Å². The minimum atomic E-state index is 0.676. The van der Waals surface area contributed by atoms with Gasteiger partial charge in [-0.15, -0.1) is 11.3 Å². The van der Waals surface area contributed by atoms with Gasteiger partial charge in [0.1, 0.15) is 5.75 Å². The first-order valence-corrected chi connectivity index (χ1v) is 7.99. The van der Waals surface area contributed by atoms with Gasteiger partial charge in [-0.1, -0.05) is 18.2 Å². The highest BCUT2D eigenvalue weighted by atomic mass is 32.1. The standard InChI is InChI=1S/C17H23NOS/c1-18-13-15(7-10-17-4-3-11-20-17)12-14-5-8-16(19-2)9-6-14/h3-6,8-9,11,15,18H,7,10,12-13H2,1-2H3. The molecule has 0 amide bonds. The highest BCUT2D eigenvalue weighted by Crippen LogP contribution is 2.19. The molecule has 0 bridgehead atoms. The van der Waals surface area contributed by atoms with Crippen LogP contribution in [-0.4, -0.2) is 20.7 Å². The fourth-order valence-corrected chi connectivity index (χ4v) is 3.19. The van der Waals surface area contributed by atoms with Crippen LogP contribution < -0.4 is 10.1 Å². The van der Waals surface area contributed by atoms with E-state index in [9.17, 15) is 0 Å². The molecule has 20 heavy (non-hydrogen) atoms. The molecule has 0 fully saturated rings. The third-order valence-electron chi connectivity index (χ3n) is 3.56. The predicted molar refractivity (Wildman–Crippen MR) is 86.8 cm³/mol. The summed E-state index contributed by atoms with van der Waals surface area (Å²) in [5.41, 5.74) is 1.39. The molecule has 1 heterocycles. The van der Waals surface area contributed by atoms with E-state index in [1.54, 1.807) is 7.11 Å². The summed E-state index contributed by atoms with van der Waals surface area (Å²) >= 11 is 1.86. The number of thiophene rings is 1. The van der Waals surface area contributed by atoms with E-state index in [4.69, 9.17) is 4.74 Å². The van der Waals surface area contributed by atoms with Crippen molar-refractivity contribution >= 4 is 11.3 Å². The van der Waals surface area contributed by atoms with Crippen LogP contribution in [0.25, 0.3) is 0 Å². The fraction of sp³-hybridized carbons (Fsp3) is 0.412. The highest BCUT2D eigenvalue weighted by Gasteiger charge is 2.10. The van der Waals surface area contributed by atoms with Crippen molar-refractivity contribution in [2.45, 2.75) is 19.3 Å². The first kappa shape index (κ1) is 15.1. The van der Waals surface area contributed by atoms with Crippen molar-refractivity contribution in [2.75, 3.05) is 20.7 Å². The minimum absolute atomic E-state index is 0.676. The second-order valence-corrected chi connectivity index (χ2v) is 6.13. The van der Waals surface area contributed by atoms with Gasteiger partial charge in [0.15, 0.2) is 0 Å². The molecule has 0 saturated heterocycles. The largest absolute Gasteiger partial charge is 0.497 e. The molecule has 2 nitrogen and oxygen atoms in total. The molecular weight excluding hydrogens is 266 g/mol. The lowest BCUT2D eigenvalue weighted by Crippen LogP contribution is -2.21. The summed E-state index contributed by atoms with van der Waals surface area (Å²) < 4.78 is 5.21. The van der Waals surface area contributed by atoms with E-state index in [0.717, 1.165) is 18.7 Å². The molecule has 1 aromatic carbocycles. The average Bonchev–Trinajstić information content (AvgIpc) is 2.99. The third-order valence-corrected chi connectivity index (χ3v) is 4.49. The van der Waals surface area contributed by atoms with Crippen molar-refractivity contribution in [3.63, 3.8) is 0 Å². The maximum absolute atomic E-state index is 5.21. The van der Waals surface area contributed by atoms with Crippen molar-refractivity contribution in [3.8, 4) is 5.75 Å². The van der Waals surface area contributed by atoms with Crippen molar-refractivity contribution < 1.29 is 4.74 Å². The number of aryl methyl sites for hydroxylation is 1. The first-order chi connectivity index (χ1) is 9.81. The van der Waals surface area contributed by atoms with Crippen LogP contribution in [0.3, 0.4) is 0 Å². The lowest BCUT2D eigenvalue weighted by atomic mass is 9.94. The Balaban J connectivity index is 1.90. The van der Waals surface area contributed by atoms with Crippen LogP contribution in [0.5, 0.6) is 5.75 Å². The maximum atomic E-state index is 5.21. The van der Waals surface area contributed by atoms with Gasteiger partial charge in [-0.2, -0.15) is 0 Å². The van der Waals surface area contributed by atoms with Gasteiger partial charge < -0.3 is 10.1 Å². The minimum Gasteiger partial charge on any atom is -0.497 e. The number of hydrogen-bond acceptors (Lipinski definition) is 3. The number of nitrogens with one attached hydrogen (secondary N) is 1. The normalized spacial score (nSPS) is 12.3. The Bertz CT molecular complexity index is 478. The summed E-state index contributed by atoms with van der Waals surface area (Å²) in [7, 11) is 3.74. The summed E-state index contributed by atoms with van der Waals surface area (Å²) in [5, 5.41) is 5.48. The maximum Gasteiger partial charge on any atom is 0.118 e. The van der Waals surface area contributed by atoms with Gasteiger partial charge in [-0.25, -0.2) is 0 Å². The molecule has 2 rings (SSSR count). The Kier molecular flexibility index (Phi) is 6.09. The summed E-state index contributed by atoms with van der Waals surface area (Å²) in [6.45, 7) is 1.07. The molecule has 0 aliphatic heterocycles. The lowest BCUT2D eigenvalue weighted by molar-refractivity contribution is 0.414. The van der Waals surface area contributed by atoms with Crippen molar-refractivity contribution in [3.05, 3.63) is 52.2 Å². The SMILES string of the molecule is CNCC(CCc1cccs1)Cc1ccc(OC)cc1. The number of methoxy groups -OCH3 is 1. The smallest absolute Gasteiger partial charge is 0.118 e. The molecule has 0 aliphatic carbocycles. The van der Waals surface area contributed by atoms with E-state index in [-0.39, 0.29) is 0 Å². The van der Waals surface area contributed by atoms with Gasteiger partial charge in [-0.05, 0) is 67.9 Å². The zero-order valence-corrected chi connectivity index (χ0v) is 13.1. The Morgan fingerprint density at radius 3 is 2.60 bits per heavy atom. The van der Waals surface area contributed by atoms with E-state index in [1.165, 1.54) is 23.3 Å². The van der Waals surface area contributed by atoms with Crippen LogP contribution in [0.4, 0.5) is 0 Å². The van der Waals surface area contributed by atoms with E-state index >= 15 is 0 Å². The van der Waals surface area contributed by atoms with E-state index in [0.29, 0.717) is 5.92 Å². The van der Waals surface area contributed by atoms with Gasteiger partial charge in [0.25, 0.3) is 0 Å². The summed E-state index contributed by atoms with van der Waals surface area (Å²) in [5.74, 6) is 1.60. The number of ether oxygens (including phenoxy) is 1. The average molecular weight is 289 g/mol. The molecule has 1 aromatic heterocycles. The van der Waals surface area contributed by atoms with Crippen molar-refractivity contribution in [1.82, 2.24) is 5.32 Å². The van der Waals surface area contributed by atoms with Crippen LogP contribution in [0, 0.1) is 5.92 Å². The molecule has 1 atom stereocenters. The van der Waals surface area contributed by atoms with Crippen LogP contribution in [0.2, 0.25) is 0 Å². The molecule has 0 radical (unpaired) electrons. The van der Waals surface area contributed by atoms with E-state index in [2.05, 4.69) is 35.0 Å². The molecule has 0 spiro atoms.